The number of phenols is 2. The molecule has 0 aromatic heterocycles. The maximum atomic E-state index is 12.3. The van der Waals surface area contributed by atoms with Gasteiger partial charge < -0.3 is 15.1 Å². The first-order valence-corrected chi connectivity index (χ1v) is 6.81. The van der Waals surface area contributed by atoms with E-state index in [1.165, 1.54) is 6.07 Å². The summed E-state index contributed by atoms with van der Waals surface area (Å²) < 4.78 is 0. The number of hydrogen-bond acceptors (Lipinski definition) is 3. The predicted octanol–water partition coefficient (Wildman–Crippen LogP) is 1.75. The maximum Gasteiger partial charge on any atom is 0.254 e. The summed E-state index contributed by atoms with van der Waals surface area (Å²) in [6.45, 7) is 0.801. The van der Waals surface area contributed by atoms with E-state index < -0.39 is 0 Å². The number of carbonyl (C=O) groups excluding carboxylic acids is 1. The second-order valence-electron chi connectivity index (χ2n) is 4.86. The molecule has 0 fully saturated rings. The van der Waals surface area contributed by atoms with Crippen molar-refractivity contribution in [3.8, 4) is 11.5 Å². The highest BCUT2D eigenvalue weighted by atomic mass is 31.0. The number of hydrogen-bond donors (Lipinski definition) is 2. The standard InChI is InChI=1S/C15H14NO3P/c17-13-6-5-11-12(14(13)18)8-16(15(11)19)7-9-1-3-10(20)4-2-9/h1-6,17-18H,7-8,20H2. The highest BCUT2D eigenvalue weighted by molar-refractivity contribution is 7.27. The van der Waals surface area contributed by atoms with Crippen molar-refractivity contribution >= 4 is 20.5 Å². The Balaban J connectivity index is 1.86. The van der Waals surface area contributed by atoms with Gasteiger partial charge in [0, 0.05) is 17.7 Å². The molecule has 102 valence electrons. The summed E-state index contributed by atoms with van der Waals surface area (Å²) in [7, 11) is 2.62. The molecule has 1 unspecified atom stereocenters. The molecule has 0 saturated carbocycles. The lowest BCUT2D eigenvalue weighted by atomic mass is 10.1. The van der Waals surface area contributed by atoms with Crippen LogP contribution in [0.25, 0.3) is 0 Å². The lowest BCUT2D eigenvalue weighted by molar-refractivity contribution is 0.0766. The molecular weight excluding hydrogens is 273 g/mol. The first-order valence-electron chi connectivity index (χ1n) is 6.24. The molecule has 0 spiro atoms. The van der Waals surface area contributed by atoms with Gasteiger partial charge in [0.2, 0.25) is 0 Å². The molecule has 1 aliphatic rings. The number of nitrogens with zero attached hydrogens (tertiary/aromatic N) is 1. The van der Waals surface area contributed by atoms with Gasteiger partial charge in [0.25, 0.3) is 5.91 Å². The fraction of sp³-hybridized carbons (Fsp3) is 0.133. The van der Waals surface area contributed by atoms with Crippen LogP contribution in [0.4, 0.5) is 0 Å². The average molecular weight is 287 g/mol. The summed E-state index contributed by atoms with van der Waals surface area (Å²) >= 11 is 0. The number of rotatable bonds is 2. The van der Waals surface area contributed by atoms with Crippen LogP contribution >= 0.6 is 9.24 Å². The highest BCUT2D eigenvalue weighted by Crippen LogP contribution is 2.37. The minimum Gasteiger partial charge on any atom is -0.504 e. The summed E-state index contributed by atoms with van der Waals surface area (Å²) in [4.78, 5) is 13.9. The van der Waals surface area contributed by atoms with Gasteiger partial charge in [-0.25, -0.2) is 0 Å². The lowest BCUT2D eigenvalue weighted by Gasteiger charge is -2.15. The van der Waals surface area contributed by atoms with Crippen molar-refractivity contribution in [3.05, 3.63) is 53.1 Å². The van der Waals surface area contributed by atoms with Gasteiger partial charge in [0.1, 0.15) is 0 Å². The Morgan fingerprint density at radius 3 is 2.50 bits per heavy atom. The first-order chi connectivity index (χ1) is 9.56. The molecule has 1 heterocycles. The third-order valence-electron chi connectivity index (χ3n) is 3.48. The van der Waals surface area contributed by atoms with E-state index in [0.717, 1.165) is 10.9 Å². The molecule has 1 aliphatic heterocycles. The van der Waals surface area contributed by atoms with E-state index in [1.807, 2.05) is 24.3 Å². The smallest absolute Gasteiger partial charge is 0.254 e. The third-order valence-corrected chi connectivity index (χ3v) is 3.87. The molecular formula is C15H14NO3P. The number of phenolic OH excluding ortho intramolecular Hbond substituents is 2. The molecule has 0 bridgehead atoms. The molecule has 20 heavy (non-hydrogen) atoms. The van der Waals surface area contributed by atoms with E-state index in [2.05, 4.69) is 9.24 Å². The molecule has 2 aromatic carbocycles. The lowest BCUT2D eigenvalue weighted by Crippen LogP contribution is -2.23. The van der Waals surface area contributed by atoms with Crippen LogP contribution in [0, 0.1) is 0 Å². The Morgan fingerprint density at radius 2 is 1.80 bits per heavy atom. The topological polar surface area (TPSA) is 60.8 Å². The van der Waals surface area contributed by atoms with Crippen molar-refractivity contribution in [2.75, 3.05) is 0 Å². The quantitative estimate of drug-likeness (QED) is 0.653. The Kier molecular flexibility index (Phi) is 3.11. The van der Waals surface area contributed by atoms with Crippen LogP contribution in [0.5, 0.6) is 11.5 Å². The van der Waals surface area contributed by atoms with Crippen LogP contribution in [0.2, 0.25) is 0 Å². The molecule has 2 aromatic rings. The summed E-state index contributed by atoms with van der Waals surface area (Å²) in [5, 5.41) is 20.4. The normalized spacial score (nSPS) is 13.7. The van der Waals surface area contributed by atoms with Gasteiger partial charge in [-0.3, -0.25) is 4.79 Å². The Hall–Kier alpha value is -2.06. The van der Waals surface area contributed by atoms with Crippen molar-refractivity contribution in [2.45, 2.75) is 13.1 Å². The second-order valence-corrected chi connectivity index (χ2v) is 5.53. The first kappa shape index (κ1) is 12.9. The summed E-state index contributed by atoms with van der Waals surface area (Å²) in [5.74, 6) is -0.505. The molecule has 0 radical (unpaired) electrons. The minimum absolute atomic E-state index is 0.120. The van der Waals surface area contributed by atoms with Crippen molar-refractivity contribution in [3.63, 3.8) is 0 Å². The summed E-state index contributed by atoms with van der Waals surface area (Å²) in [6, 6.07) is 10.8. The summed E-state index contributed by atoms with van der Waals surface area (Å²) in [6.07, 6.45) is 0. The highest BCUT2D eigenvalue weighted by Gasteiger charge is 2.30. The van der Waals surface area contributed by atoms with Gasteiger partial charge in [0.05, 0.1) is 6.54 Å². The molecule has 0 aliphatic carbocycles. The van der Waals surface area contributed by atoms with E-state index in [9.17, 15) is 15.0 Å². The zero-order valence-corrected chi connectivity index (χ0v) is 11.9. The van der Waals surface area contributed by atoms with Gasteiger partial charge in [-0.1, -0.05) is 24.3 Å². The molecule has 2 N–H and O–H groups in total. The largest absolute Gasteiger partial charge is 0.504 e. The maximum absolute atomic E-state index is 12.3. The van der Waals surface area contributed by atoms with Gasteiger partial charge in [-0.2, -0.15) is 0 Å². The molecule has 0 saturated heterocycles. The van der Waals surface area contributed by atoms with Crippen LogP contribution in [0.1, 0.15) is 21.5 Å². The van der Waals surface area contributed by atoms with E-state index in [0.29, 0.717) is 24.2 Å². The Morgan fingerprint density at radius 1 is 1.10 bits per heavy atom. The molecule has 4 nitrogen and oxygen atoms in total. The van der Waals surface area contributed by atoms with Crippen LogP contribution in [-0.2, 0) is 13.1 Å². The van der Waals surface area contributed by atoms with Gasteiger partial charge in [-0.15, -0.1) is 9.24 Å². The molecule has 5 heteroatoms. The third kappa shape index (κ3) is 2.12. The summed E-state index contributed by atoms with van der Waals surface area (Å²) in [5.41, 5.74) is 1.99. The monoisotopic (exact) mass is 287 g/mol. The van der Waals surface area contributed by atoms with E-state index in [4.69, 9.17) is 0 Å². The average Bonchev–Trinajstić information content (AvgIpc) is 2.75. The van der Waals surface area contributed by atoms with Crippen LogP contribution in [-0.4, -0.2) is 21.0 Å². The van der Waals surface area contributed by atoms with Gasteiger partial charge in [0.15, 0.2) is 11.5 Å². The fourth-order valence-corrected chi connectivity index (χ4v) is 2.58. The van der Waals surface area contributed by atoms with Crippen molar-refractivity contribution < 1.29 is 15.0 Å². The second kappa shape index (κ2) is 4.80. The van der Waals surface area contributed by atoms with Crippen LogP contribution < -0.4 is 5.30 Å². The van der Waals surface area contributed by atoms with Crippen molar-refractivity contribution in [2.24, 2.45) is 0 Å². The van der Waals surface area contributed by atoms with Crippen molar-refractivity contribution in [1.29, 1.82) is 0 Å². The predicted molar refractivity (Wildman–Crippen MR) is 79.1 cm³/mol. The number of aromatic hydroxyl groups is 2. The number of carbonyl (C=O) groups is 1. The molecule has 1 amide bonds. The van der Waals surface area contributed by atoms with Gasteiger partial charge >= 0.3 is 0 Å². The SMILES string of the molecule is O=C1c2ccc(O)c(O)c2CN1Cc1ccc(P)cc1. The molecule has 1 atom stereocenters. The fourth-order valence-electron chi connectivity index (χ4n) is 2.39. The zero-order valence-electron chi connectivity index (χ0n) is 10.7. The van der Waals surface area contributed by atoms with Gasteiger partial charge in [-0.05, 0) is 23.0 Å². The van der Waals surface area contributed by atoms with E-state index in [1.54, 1.807) is 11.0 Å². The van der Waals surface area contributed by atoms with Crippen molar-refractivity contribution in [1.82, 2.24) is 4.90 Å². The minimum atomic E-state index is -0.196. The Bertz CT molecular complexity index is 682. The Labute approximate surface area is 118 Å². The van der Waals surface area contributed by atoms with Crippen LogP contribution in [0.3, 0.4) is 0 Å². The zero-order chi connectivity index (χ0) is 14.3. The number of amides is 1. The number of benzene rings is 2. The van der Waals surface area contributed by atoms with E-state index >= 15 is 0 Å². The van der Waals surface area contributed by atoms with E-state index in [-0.39, 0.29) is 17.4 Å². The number of fused-ring (bicyclic) bond motifs is 1. The van der Waals surface area contributed by atoms with Crippen LogP contribution in [0.15, 0.2) is 36.4 Å². The molecule has 3 rings (SSSR count).